The number of anilines is 1. The molecule has 2 heterocycles. The molecule has 2 fully saturated rings. The van der Waals surface area contributed by atoms with Gasteiger partial charge in [0.1, 0.15) is 6.54 Å². The number of piperazine rings is 1. The number of carbonyl (C=O) groups is 1. The van der Waals surface area contributed by atoms with Gasteiger partial charge in [-0.1, -0.05) is 6.07 Å². The Bertz CT molecular complexity index is 973. The van der Waals surface area contributed by atoms with Crippen LogP contribution in [0.1, 0.15) is 31.2 Å². The Morgan fingerprint density at radius 2 is 2.03 bits per heavy atom. The topological polar surface area (TPSA) is 84.2 Å². The van der Waals surface area contributed by atoms with Gasteiger partial charge in [0, 0.05) is 39.9 Å². The zero-order valence-electron chi connectivity index (χ0n) is 19.5. The lowest BCUT2D eigenvalue weighted by Gasteiger charge is -2.35. The molecule has 1 aliphatic heterocycles. The molecule has 4 rings (SSSR count). The van der Waals surface area contributed by atoms with E-state index in [1.54, 1.807) is 29.9 Å². The predicted octanol–water partition coefficient (Wildman–Crippen LogP) is 2.79. The van der Waals surface area contributed by atoms with E-state index in [-0.39, 0.29) is 42.5 Å². The molecule has 180 valence electrons. The van der Waals surface area contributed by atoms with E-state index in [0.29, 0.717) is 25.6 Å². The average molecular weight is 568 g/mol. The summed E-state index contributed by atoms with van der Waals surface area (Å²) in [6, 6.07) is 6.00. The second kappa shape index (κ2) is 11.6. The zero-order valence-corrected chi connectivity index (χ0v) is 21.8. The van der Waals surface area contributed by atoms with Crippen molar-refractivity contribution in [3.8, 4) is 11.5 Å². The molecule has 0 atom stereocenters. The molecule has 0 spiro atoms. The number of hydrogen-bond acceptors (Lipinski definition) is 5. The monoisotopic (exact) mass is 568 g/mol. The minimum atomic E-state index is 0. The van der Waals surface area contributed by atoms with E-state index < -0.39 is 0 Å². The maximum absolute atomic E-state index is 12.7. The minimum absolute atomic E-state index is 0. The first-order chi connectivity index (χ1) is 15.6. The van der Waals surface area contributed by atoms with Crippen molar-refractivity contribution in [1.29, 1.82) is 0 Å². The van der Waals surface area contributed by atoms with Gasteiger partial charge in [0.2, 0.25) is 5.91 Å². The lowest BCUT2D eigenvalue weighted by molar-refractivity contribution is -0.120. The van der Waals surface area contributed by atoms with Crippen LogP contribution in [0.3, 0.4) is 0 Å². The van der Waals surface area contributed by atoms with Crippen LogP contribution in [0.15, 0.2) is 35.6 Å². The first kappa shape index (κ1) is 25.1. The Balaban J connectivity index is 0.00000306. The summed E-state index contributed by atoms with van der Waals surface area (Å²) in [6.45, 7) is 2.13. The van der Waals surface area contributed by atoms with Crippen LogP contribution in [0, 0.1) is 0 Å². The van der Waals surface area contributed by atoms with Crippen molar-refractivity contribution in [3.05, 3.63) is 36.2 Å². The number of methoxy groups -OCH3 is 1. The summed E-state index contributed by atoms with van der Waals surface area (Å²) in [6.07, 6.45) is 8.47. The summed E-state index contributed by atoms with van der Waals surface area (Å²) < 4.78 is 13.4. The molecule has 2 aliphatic rings. The number of aryl methyl sites for hydroxylation is 1. The van der Waals surface area contributed by atoms with Crippen LogP contribution >= 0.6 is 24.0 Å². The number of carbonyl (C=O) groups excluding carboxylic acids is 1. The van der Waals surface area contributed by atoms with Crippen LogP contribution in [0.5, 0.6) is 11.5 Å². The SMILES string of the molecule is CN=C(NCc1ccc(OC)c(OC2CCCC2)c1)N1CCN(c2cnn(C)c2)C(=O)C1.I. The smallest absolute Gasteiger partial charge is 0.246 e. The van der Waals surface area contributed by atoms with E-state index >= 15 is 0 Å². The molecule has 1 aromatic heterocycles. The number of rotatable bonds is 6. The van der Waals surface area contributed by atoms with Crippen LogP contribution in [-0.2, 0) is 18.4 Å². The highest BCUT2D eigenvalue weighted by Crippen LogP contribution is 2.32. The number of hydrogen-bond donors (Lipinski definition) is 1. The van der Waals surface area contributed by atoms with Crippen molar-refractivity contribution in [1.82, 2.24) is 20.0 Å². The van der Waals surface area contributed by atoms with Crippen LogP contribution in [0.4, 0.5) is 5.69 Å². The molecular weight excluding hydrogens is 535 g/mol. The van der Waals surface area contributed by atoms with Crippen molar-refractivity contribution in [3.63, 3.8) is 0 Å². The van der Waals surface area contributed by atoms with Gasteiger partial charge in [0.15, 0.2) is 17.5 Å². The number of nitrogens with one attached hydrogen (secondary N) is 1. The Labute approximate surface area is 212 Å². The molecule has 1 amide bonds. The second-order valence-corrected chi connectivity index (χ2v) is 8.25. The third kappa shape index (κ3) is 6.10. The molecule has 1 saturated heterocycles. The first-order valence-electron chi connectivity index (χ1n) is 11.2. The number of guanidine groups is 1. The Morgan fingerprint density at radius 1 is 1.24 bits per heavy atom. The van der Waals surface area contributed by atoms with E-state index in [4.69, 9.17) is 9.47 Å². The Morgan fingerprint density at radius 3 is 2.67 bits per heavy atom. The molecule has 1 aliphatic carbocycles. The zero-order chi connectivity index (χ0) is 22.5. The van der Waals surface area contributed by atoms with Crippen molar-refractivity contribution < 1.29 is 14.3 Å². The molecule has 9 nitrogen and oxygen atoms in total. The van der Waals surface area contributed by atoms with Gasteiger partial charge in [-0.2, -0.15) is 5.10 Å². The van der Waals surface area contributed by atoms with E-state index in [1.807, 2.05) is 36.3 Å². The third-order valence-electron chi connectivity index (χ3n) is 6.01. The third-order valence-corrected chi connectivity index (χ3v) is 6.01. The molecule has 10 heteroatoms. The van der Waals surface area contributed by atoms with Crippen LogP contribution < -0.4 is 19.7 Å². The summed E-state index contributed by atoms with van der Waals surface area (Å²) in [4.78, 5) is 20.9. The quantitative estimate of drug-likeness (QED) is 0.328. The maximum Gasteiger partial charge on any atom is 0.246 e. The summed E-state index contributed by atoms with van der Waals surface area (Å²) in [5, 5.41) is 7.55. The van der Waals surface area contributed by atoms with Crippen LogP contribution in [-0.4, -0.2) is 66.4 Å². The predicted molar refractivity (Wildman–Crippen MR) is 139 cm³/mol. The van der Waals surface area contributed by atoms with Crippen molar-refractivity contribution in [2.75, 3.05) is 38.7 Å². The number of benzene rings is 1. The molecule has 1 saturated carbocycles. The normalized spacial score (nSPS) is 17.2. The molecule has 0 bridgehead atoms. The highest BCUT2D eigenvalue weighted by atomic mass is 127. The van der Waals surface area contributed by atoms with Crippen LogP contribution in [0.25, 0.3) is 0 Å². The average Bonchev–Trinajstić information content (AvgIpc) is 3.46. The van der Waals surface area contributed by atoms with E-state index in [0.717, 1.165) is 35.6 Å². The van der Waals surface area contributed by atoms with Gasteiger partial charge in [-0.05, 0) is 43.4 Å². The largest absolute Gasteiger partial charge is 0.493 e. The van der Waals surface area contributed by atoms with Gasteiger partial charge in [-0.25, -0.2) is 0 Å². The molecule has 1 aromatic carbocycles. The fraction of sp³-hybridized carbons (Fsp3) is 0.522. The summed E-state index contributed by atoms with van der Waals surface area (Å²) in [7, 11) is 5.25. The molecule has 0 unspecified atom stereocenters. The first-order valence-corrected chi connectivity index (χ1v) is 11.2. The molecule has 33 heavy (non-hydrogen) atoms. The molecule has 1 N–H and O–H groups in total. The van der Waals surface area contributed by atoms with E-state index in [2.05, 4.69) is 15.4 Å². The number of amides is 1. The summed E-state index contributed by atoms with van der Waals surface area (Å²) >= 11 is 0. The summed E-state index contributed by atoms with van der Waals surface area (Å²) in [5.74, 6) is 2.28. The van der Waals surface area contributed by atoms with Gasteiger partial charge in [-0.3, -0.25) is 14.5 Å². The van der Waals surface area contributed by atoms with Crippen molar-refractivity contribution in [2.24, 2.45) is 12.0 Å². The molecule has 2 aromatic rings. The summed E-state index contributed by atoms with van der Waals surface area (Å²) in [5.41, 5.74) is 1.90. The van der Waals surface area contributed by atoms with Gasteiger partial charge >= 0.3 is 0 Å². The standard InChI is InChI=1S/C23H32N6O3.HI/c1-24-23(28-10-11-29(22(30)16-28)18-14-26-27(2)15-18)25-13-17-8-9-20(31-3)21(12-17)32-19-6-4-5-7-19;/h8-9,12,14-15,19H,4-7,10-11,13,16H2,1-3H3,(H,24,25);1H. The van der Waals surface area contributed by atoms with Gasteiger partial charge in [-0.15, -0.1) is 24.0 Å². The van der Waals surface area contributed by atoms with Gasteiger partial charge in [0.05, 0.1) is 25.1 Å². The minimum Gasteiger partial charge on any atom is -0.493 e. The molecular formula is C23H33IN6O3. The fourth-order valence-corrected chi connectivity index (χ4v) is 4.30. The number of ether oxygens (including phenoxy) is 2. The molecule has 0 radical (unpaired) electrons. The van der Waals surface area contributed by atoms with Gasteiger partial charge in [0.25, 0.3) is 0 Å². The second-order valence-electron chi connectivity index (χ2n) is 8.25. The van der Waals surface area contributed by atoms with E-state index in [9.17, 15) is 4.79 Å². The number of halogens is 1. The number of aliphatic imine (C=N–C) groups is 1. The highest BCUT2D eigenvalue weighted by Gasteiger charge is 2.27. The van der Waals surface area contributed by atoms with Gasteiger partial charge < -0.3 is 24.6 Å². The number of nitrogens with zero attached hydrogens (tertiary/aromatic N) is 5. The lowest BCUT2D eigenvalue weighted by Crippen LogP contribution is -2.55. The van der Waals surface area contributed by atoms with Crippen LogP contribution in [0.2, 0.25) is 0 Å². The van der Waals surface area contributed by atoms with Crippen molar-refractivity contribution in [2.45, 2.75) is 38.3 Å². The fourth-order valence-electron chi connectivity index (χ4n) is 4.30. The highest BCUT2D eigenvalue weighted by molar-refractivity contribution is 14.0. The lowest BCUT2D eigenvalue weighted by atomic mass is 10.2. The maximum atomic E-state index is 12.7. The van der Waals surface area contributed by atoms with Crippen molar-refractivity contribution >= 4 is 41.5 Å². The Hall–Kier alpha value is -2.50. The Kier molecular flexibility index (Phi) is 8.81. The number of aromatic nitrogens is 2. The van der Waals surface area contributed by atoms with E-state index in [1.165, 1.54) is 12.8 Å².